The molecule has 3 nitrogen and oxygen atoms in total. The molecule has 0 radical (unpaired) electrons. The van der Waals surface area contributed by atoms with Gasteiger partial charge < -0.3 is 5.73 Å². The van der Waals surface area contributed by atoms with Crippen LogP contribution in [0.3, 0.4) is 0 Å². The second-order valence-electron chi connectivity index (χ2n) is 2.87. The lowest BCUT2D eigenvalue weighted by atomic mass is 10.3. The van der Waals surface area contributed by atoms with Crippen LogP contribution >= 0.6 is 11.8 Å². The molecule has 0 aliphatic rings. The molecule has 0 bridgehead atoms. The third-order valence-electron chi connectivity index (χ3n) is 1.66. The normalized spacial score (nSPS) is 10.2. The first-order valence-electron chi connectivity index (χ1n) is 4.24. The molecule has 0 saturated heterocycles. The van der Waals surface area contributed by atoms with Crippen molar-refractivity contribution >= 4 is 17.4 Å². The minimum absolute atomic E-state index is 0.346. The minimum atomic E-state index is -0.346. The van der Waals surface area contributed by atoms with Gasteiger partial charge in [0.2, 0.25) is 0 Å². The van der Waals surface area contributed by atoms with Crippen molar-refractivity contribution in [1.29, 1.82) is 0 Å². The maximum atomic E-state index is 13.0. The average molecular weight is 221 g/mol. The lowest BCUT2D eigenvalue weighted by Crippen LogP contribution is -1.88. The first-order chi connectivity index (χ1) is 7.24. The Morgan fingerprint density at radius 3 is 2.73 bits per heavy atom. The third kappa shape index (κ3) is 2.66. The SMILES string of the molecule is Nc1cc(F)cc(Sc2cnccn2)c1. The fourth-order valence-corrected chi connectivity index (χ4v) is 1.94. The maximum Gasteiger partial charge on any atom is 0.126 e. The van der Waals surface area contributed by atoms with E-state index in [-0.39, 0.29) is 5.82 Å². The molecule has 2 aromatic rings. The number of aromatic nitrogens is 2. The van der Waals surface area contributed by atoms with Gasteiger partial charge in [-0.2, -0.15) is 0 Å². The molecule has 1 aromatic carbocycles. The van der Waals surface area contributed by atoms with Crippen LogP contribution < -0.4 is 5.73 Å². The molecule has 1 heterocycles. The predicted molar refractivity (Wildman–Crippen MR) is 57.0 cm³/mol. The van der Waals surface area contributed by atoms with E-state index in [0.717, 1.165) is 0 Å². The van der Waals surface area contributed by atoms with Crippen molar-refractivity contribution in [1.82, 2.24) is 9.97 Å². The quantitative estimate of drug-likeness (QED) is 0.791. The van der Waals surface area contributed by atoms with Crippen LogP contribution in [-0.4, -0.2) is 9.97 Å². The Morgan fingerprint density at radius 1 is 1.20 bits per heavy atom. The number of benzene rings is 1. The van der Waals surface area contributed by atoms with Crippen LogP contribution in [0.4, 0.5) is 10.1 Å². The van der Waals surface area contributed by atoms with Crippen molar-refractivity contribution in [2.45, 2.75) is 9.92 Å². The van der Waals surface area contributed by atoms with Gasteiger partial charge in [0.15, 0.2) is 0 Å². The van der Waals surface area contributed by atoms with Gasteiger partial charge in [0.1, 0.15) is 10.8 Å². The predicted octanol–water partition coefficient (Wildman–Crippen LogP) is 2.35. The van der Waals surface area contributed by atoms with Crippen molar-refractivity contribution in [3.8, 4) is 0 Å². The number of nitrogen functional groups attached to an aromatic ring is 1. The van der Waals surface area contributed by atoms with Crippen LogP contribution in [0.15, 0.2) is 46.7 Å². The fourth-order valence-electron chi connectivity index (χ4n) is 1.10. The van der Waals surface area contributed by atoms with Crippen LogP contribution in [-0.2, 0) is 0 Å². The molecule has 1 aromatic heterocycles. The molecule has 0 aliphatic carbocycles. The molecule has 5 heteroatoms. The maximum absolute atomic E-state index is 13.0. The summed E-state index contributed by atoms with van der Waals surface area (Å²) in [5.74, 6) is -0.346. The number of hydrogen-bond donors (Lipinski definition) is 1. The van der Waals surface area contributed by atoms with Gasteiger partial charge in [-0.25, -0.2) is 9.37 Å². The van der Waals surface area contributed by atoms with Crippen LogP contribution in [0, 0.1) is 5.82 Å². The molecule has 0 aliphatic heterocycles. The minimum Gasteiger partial charge on any atom is -0.399 e. The van der Waals surface area contributed by atoms with E-state index >= 15 is 0 Å². The lowest BCUT2D eigenvalue weighted by molar-refractivity contribution is 0.625. The standard InChI is InChI=1S/C10H8FN3S/c11-7-3-8(12)5-9(4-7)15-10-6-13-1-2-14-10/h1-6H,12H2. The van der Waals surface area contributed by atoms with E-state index in [4.69, 9.17) is 5.73 Å². The molecule has 0 atom stereocenters. The zero-order valence-electron chi connectivity index (χ0n) is 7.72. The number of anilines is 1. The fraction of sp³-hybridized carbons (Fsp3) is 0. The highest BCUT2D eigenvalue weighted by Gasteiger charge is 2.01. The summed E-state index contributed by atoms with van der Waals surface area (Å²) >= 11 is 1.32. The molecule has 2 N–H and O–H groups in total. The zero-order valence-corrected chi connectivity index (χ0v) is 8.54. The number of nitrogens with zero attached hydrogens (tertiary/aromatic N) is 2. The van der Waals surface area contributed by atoms with Crippen LogP contribution in [0.2, 0.25) is 0 Å². The van der Waals surface area contributed by atoms with E-state index in [1.165, 1.54) is 23.9 Å². The highest BCUT2D eigenvalue weighted by atomic mass is 32.2. The number of rotatable bonds is 2. The van der Waals surface area contributed by atoms with Gasteiger partial charge in [0.05, 0.1) is 6.20 Å². The van der Waals surface area contributed by atoms with E-state index < -0.39 is 0 Å². The zero-order chi connectivity index (χ0) is 10.7. The molecule has 15 heavy (non-hydrogen) atoms. The number of hydrogen-bond acceptors (Lipinski definition) is 4. The topological polar surface area (TPSA) is 51.8 Å². The third-order valence-corrected chi connectivity index (χ3v) is 2.55. The number of nitrogens with two attached hydrogens (primary N) is 1. The summed E-state index contributed by atoms with van der Waals surface area (Å²) in [4.78, 5) is 8.70. The Hall–Kier alpha value is -1.62. The first kappa shape index (κ1) is 9.92. The summed E-state index contributed by atoms with van der Waals surface area (Å²) in [5.41, 5.74) is 5.93. The van der Waals surface area contributed by atoms with Crippen LogP contribution in [0.5, 0.6) is 0 Å². The van der Waals surface area contributed by atoms with E-state index in [0.29, 0.717) is 15.6 Å². The van der Waals surface area contributed by atoms with Crippen LogP contribution in [0.25, 0.3) is 0 Å². The second-order valence-corrected chi connectivity index (χ2v) is 3.96. The smallest absolute Gasteiger partial charge is 0.126 e. The van der Waals surface area contributed by atoms with Gasteiger partial charge in [-0.1, -0.05) is 11.8 Å². The van der Waals surface area contributed by atoms with Gasteiger partial charge in [0.25, 0.3) is 0 Å². The lowest BCUT2D eigenvalue weighted by Gasteiger charge is -2.01. The van der Waals surface area contributed by atoms with Crippen molar-refractivity contribution in [2.75, 3.05) is 5.73 Å². The molecular weight excluding hydrogens is 213 g/mol. The average Bonchev–Trinajstić information content (AvgIpc) is 2.17. The molecule has 2 rings (SSSR count). The van der Waals surface area contributed by atoms with Gasteiger partial charge in [0, 0.05) is 23.0 Å². The summed E-state index contributed by atoms with van der Waals surface area (Å²) in [6.45, 7) is 0. The van der Waals surface area contributed by atoms with Crippen molar-refractivity contribution < 1.29 is 4.39 Å². The van der Waals surface area contributed by atoms with E-state index in [1.54, 1.807) is 24.7 Å². The van der Waals surface area contributed by atoms with Crippen molar-refractivity contribution in [3.05, 3.63) is 42.6 Å². The Bertz CT molecular complexity index is 441. The van der Waals surface area contributed by atoms with E-state index in [9.17, 15) is 4.39 Å². The molecule has 0 unspecified atom stereocenters. The van der Waals surface area contributed by atoms with E-state index in [2.05, 4.69) is 9.97 Å². The Morgan fingerprint density at radius 2 is 2.07 bits per heavy atom. The second kappa shape index (κ2) is 4.27. The first-order valence-corrected chi connectivity index (χ1v) is 5.05. The van der Waals surface area contributed by atoms with E-state index in [1.807, 2.05) is 0 Å². The van der Waals surface area contributed by atoms with Gasteiger partial charge in [-0.15, -0.1) is 0 Å². The van der Waals surface area contributed by atoms with Crippen molar-refractivity contribution in [2.24, 2.45) is 0 Å². The molecule has 0 fully saturated rings. The van der Waals surface area contributed by atoms with Crippen molar-refractivity contribution in [3.63, 3.8) is 0 Å². The highest BCUT2D eigenvalue weighted by molar-refractivity contribution is 7.99. The molecule has 0 spiro atoms. The van der Waals surface area contributed by atoms with Crippen LogP contribution in [0.1, 0.15) is 0 Å². The molecule has 0 amide bonds. The summed E-state index contributed by atoms with van der Waals surface area (Å²) in [6, 6.07) is 4.39. The highest BCUT2D eigenvalue weighted by Crippen LogP contribution is 2.27. The summed E-state index contributed by atoms with van der Waals surface area (Å²) < 4.78 is 13.0. The van der Waals surface area contributed by atoms with Gasteiger partial charge in [-0.05, 0) is 18.2 Å². The van der Waals surface area contributed by atoms with Gasteiger partial charge in [-0.3, -0.25) is 4.98 Å². The molecule has 0 saturated carbocycles. The Labute approximate surface area is 90.6 Å². The summed E-state index contributed by atoms with van der Waals surface area (Å²) in [7, 11) is 0. The Kier molecular flexibility index (Phi) is 2.82. The Balaban J connectivity index is 2.25. The number of halogens is 1. The molecule has 76 valence electrons. The van der Waals surface area contributed by atoms with Gasteiger partial charge >= 0.3 is 0 Å². The summed E-state index contributed by atoms with van der Waals surface area (Å²) in [6.07, 6.45) is 4.79. The summed E-state index contributed by atoms with van der Waals surface area (Å²) in [5, 5.41) is 0.711. The molecular formula is C10H8FN3S. The monoisotopic (exact) mass is 221 g/mol. The largest absolute Gasteiger partial charge is 0.399 e.